The summed E-state index contributed by atoms with van der Waals surface area (Å²) in [5, 5.41) is 5.40. The highest BCUT2D eigenvalue weighted by atomic mass is 28.3. The van der Waals surface area contributed by atoms with Crippen molar-refractivity contribution in [1.82, 2.24) is 0 Å². The van der Waals surface area contributed by atoms with Gasteiger partial charge in [-0.3, -0.25) is 0 Å². The van der Waals surface area contributed by atoms with Crippen LogP contribution < -0.4 is 25.8 Å². The van der Waals surface area contributed by atoms with Crippen molar-refractivity contribution >= 4 is 36.4 Å². The van der Waals surface area contributed by atoms with Crippen molar-refractivity contribution in [2.24, 2.45) is 4.99 Å². The third-order valence-corrected chi connectivity index (χ3v) is 12.8. The van der Waals surface area contributed by atoms with E-state index >= 15 is 0 Å². The van der Waals surface area contributed by atoms with Gasteiger partial charge in [0, 0.05) is 19.8 Å². The molecule has 0 atom stereocenters. The standard InChI is InChI=1S/C23H32N2Si/c1-16-10-12-18-20(14-16)26(22(2,3)4,23(5,6)7)21-15-17(25(8)9)11-13-19(21)24-18/h10-15H,1H2,2-9H3. The van der Waals surface area contributed by atoms with E-state index in [1.807, 2.05) is 0 Å². The van der Waals surface area contributed by atoms with Crippen LogP contribution in [0.3, 0.4) is 0 Å². The van der Waals surface area contributed by atoms with Crippen LogP contribution in [0.4, 0.5) is 11.4 Å². The second kappa shape index (κ2) is 5.82. The normalized spacial score (nSPS) is 15.7. The van der Waals surface area contributed by atoms with Crippen LogP contribution in [0.15, 0.2) is 41.4 Å². The van der Waals surface area contributed by atoms with E-state index in [0.717, 1.165) is 16.3 Å². The van der Waals surface area contributed by atoms with Crippen molar-refractivity contribution in [3.8, 4) is 0 Å². The number of hydrogen-bond donors (Lipinski definition) is 0. The van der Waals surface area contributed by atoms with Gasteiger partial charge in [-0.25, -0.2) is 4.99 Å². The molecule has 138 valence electrons. The highest BCUT2D eigenvalue weighted by Crippen LogP contribution is 2.51. The molecule has 1 aliphatic heterocycles. The first kappa shape index (κ1) is 18.9. The number of fused-ring (bicyclic) bond motifs is 2. The van der Waals surface area contributed by atoms with Crippen LogP contribution in [-0.4, -0.2) is 22.2 Å². The van der Waals surface area contributed by atoms with E-state index in [1.165, 1.54) is 16.1 Å². The van der Waals surface area contributed by atoms with Crippen molar-refractivity contribution in [3.63, 3.8) is 0 Å². The van der Waals surface area contributed by atoms with E-state index in [-0.39, 0.29) is 10.1 Å². The van der Waals surface area contributed by atoms with Gasteiger partial charge in [-0.05, 0) is 49.9 Å². The molecule has 2 nitrogen and oxygen atoms in total. The lowest BCUT2D eigenvalue weighted by molar-refractivity contribution is 0.635. The summed E-state index contributed by atoms with van der Waals surface area (Å²) < 4.78 is 0. The third kappa shape index (κ3) is 2.56. The van der Waals surface area contributed by atoms with Gasteiger partial charge in [-0.15, -0.1) is 0 Å². The average molecular weight is 365 g/mol. The summed E-state index contributed by atoms with van der Waals surface area (Å²) in [4.78, 5) is 7.25. The summed E-state index contributed by atoms with van der Waals surface area (Å²) in [6, 6.07) is 13.4. The Morgan fingerprint density at radius 1 is 0.846 bits per heavy atom. The molecule has 1 heterocycles. The molecule has 3 rings (SSSR count). The van der Waals surface area contributed by atoms with Gasteiger partial charge in [0.1, 0.15) is 8.07 Å². The van der Waals surface area contributed by atoms with E-state index < -0.39 is 8.07 Å². The maximum atomic E-state index is 5.06. The number of nitrogens with zero attached hydrogens (tertiary/aromatic N) is 2. The Bertz CT molecular complexity index is 945. The molecule has 0 aliphatic carbocycles. The summed E-state index contributed by atoms with van der Waals surface area (Å²) >= 11 is 0. The summed E-state index contributed by atoms with van der Waals surface area (Å²) in [5.74, 6) is 0. The first-order valence-corrected chi connectivity index (χ1v) is 11.4. The lowest BCUT2D eigenvalue weighted by Gasteiger charge is -2.54. The van der Waals surface area contributed by atoms with E-state index in [9.17, 15) is 0 Å². The molecule has 2 aromatic rings. The first-order valence-electron chi connectivity index (χ1n) is 9.39. The van der Waals surface area contributed by atoms with Crippen LogP contribution in [0.2, 0.25) is 10.1 Å². The van der Waals surface area contributed by atoms with Crippen molar-refractivity contribution in [3.05, 3.63) is 47.0 Å². The Labute approximate surface area is 159 Å². The molecule has 0 N–H and O–H groups in total. The van der Waals surface area contributed by atoms with Gasteiger partial charge in [-0.1, -0.05) is 60.3 Å². The Morgan fingerprint density at radius 3 is 2.00 bits per heavy atom. The minimum Gasteiger partial charge on any atom is -0.378 e. The summed E-state index contributed by atoms with van der Waals surface area (Å²) in [7, 11) is 2.03. The Hall–Kier alpha value is -1.87. The fourth-order valence-electron chi connectivity index (χ4n) is 5.20. The van der Waals surface area contributed by atoms with Crippen molar-refractivity contribution in [2.75, 3.05) is 19.0 Å². The molecule has 0 saturated carbocycles. The SMILES string of the molecule is C=c1ccc2c(c1)[Si](C(C)(C)C)(C(C)(C)C)c1cc(N(C)C)ccc1N=2. The molecule has 0 fully saturated rings. The van der Waals surface area contributed by atoms with Gasteiger partial charge in [-0.2, -0.15) is 0 Å². The van der Waals surface area contributed by atoms with Crippen LogP contribution in [0.25, 0.3) is 6.58 Å². The third-order valence-electron chi connectivity index (χ3n) is 5.86. The van der Waals surface area contributed by atoms with Crippen molar-refractivity contribution < 1.29 is 0 Å². The summed E-state index contributed by atoms with van der Waals surface area (Å²) in [6.07, 6.45) is 0. The predicted octanol–water partition coefficient (Wildman–Crippen LogP) is 3.59. The topological polar surface area (TPSA) is 15.6 Å². The molecule has 1 aliphatic rings. The zero-order valence-electron chi connectivity index (χ0n) is 17.6. The van der Waals surface area contributed by atoms with Crippen LogP contribution in [0.1, 0.15) is 41.5 Å². The van der Waals surface area contributed by atoms with Gasteiger partial charge in [0.15, 0.2) is 0 Å². The molecule has 0 aromatic heterocycles. The zero-order valence-corrected chi connectivity index (χ0v) is 18.6. The molecule has 26 heavy (non-hydrogen) atoms. The lowest BCUT2D eigenvalue weighted by atomic mass is 10.2. The fourth-order valence-corrected chi connectivity index (χ4v) is 12.8. The number of benzene rings is 2. The summed E-state index contributed by atoms with van der Waals surface area (Å²) in [5.41, 5.74) is 2.40. The molecule has 0 bridgehead atoms. The van der Waals surface area contributed by atoms with Crippen molar-refractivity contribution in [1.29, 1.82) is 0 Å². The largest absolute Gasteiger partial charge is 0.378 e. The molecular weight excluding hydrogens is 332 g/mol. The highest BCUT2D eigenvalue weighted by molar-refractivity contribution is 7.07. The van der Waals surface area contributed by atoms with Crippen molar-refractivity contribution in [2.45, 2.75) is 51.6 Å². The zero-order chi connectivity index (χ0) is 19.5. The Balaban J connectivity index is 2.58. The Morgan fingerprint density at radius 2 is 1.46 bits per heavy atom. The molecule has 2 aromatic carbocycles. The minimum absolute atomic E-state index is 0.142. The first-order chi connectivity index (χ1) is 11.9. The Kier molecular flexibility index (Phi) is 4.23. The molecule has 0 radical (unpaired) electrons. The van der Waals surface area contributed by atoms with Gasteiger partial charge >= 0.3 is 0 Å². The minimum atomic E-state index is -2.20. The second-order valence-corrected chi connectivity index (χ2v) is 15.4. The average Bonchev–Trinajstić information content (AvgIpc) is 2.49. The van der Waals surface area contributed by atoms with Crippen LogP contribution >= 0.6 is 0 Å². The van der Waals surface area contributed by atoms with E-state index in [4.69, 9.17) is 4.99 Å². The maximum Gasteiger partial charge on any atom is 0.134 e. The molecule has 0 spiro atoms. The molecular formula is C23H32N2Si. The van der Waals surface area contributed by atoms with Crippen LogP contribution in [-0.2, 0) is 0 Å². The monoisotopic (exact) mass is 364 g/mol. The van der Waals surface area contributed by atoms with E-state index in [2.05, 4.69) is 104 Å². The van der Waals surface area contributed by atoms with Gasteiger partial charge in [0.2, 0.25) is 0 Å². The van der Waals surface area contributed by atoms with Crippen LogP contribution in [0, 0.1) is 0 Å². The number of rotatable bonds is 1. The van der Waals surface area contributed by atoms with Gasteiger partial charge < -0.3 is 4.90 Å². The molecule has 0 saturated heterocycles. The highest BCUT2D eigenvalue weighted by Gasteiger charge is 2.58. The summed E-state index contributed by atoms with van der Waals surface area (Å²) in [6.45, 7) is 18.7. The maximum absolute atomic E-state index is 5.06. The van der Waals surface area contributed by atoms with Crippen LogP contribution in [0.5, 0.6) is 0 Å². The number of hydrogen-bond acceptors (Lipinski definition) is 2. The fraction of sp³-hybridized carbons (Fsp3) is 0.435. The molecule has 0 amide bonds. The molecule has 3 heteroatoms. The lowest BCUT2D eigenvalue weighted by Crippen LogP contribution is -2.74. The quantitative estimate of drug-likeness (QED) is 0.706. The van der Waals surface area contributed by atoms with Gasteiger partial charge in [0.05, 0.1) is 11.0 Å². The second-order valence-electron chi connectivity index (χ2n) is 9.81. The van der Waals surface area contributed by atoms with E-state index in [1.54, 1.807) is 0 Å². The predicted molar refractivity (Wildman–Crippen MR) is 118 cm³/mol. The van der Waals surface area contributed by atoms with E-state index in [0.29, 0.717) is 0 Å². The van der Waals surface area contributed by atoms with Gasteiger partial charge in [0.25, 0.3) is 0 Å². The number of anilines is 1. The molecule has 0 unspecified atom stereocenters. The smallest absolute Gasteiger partial charge is 0.134 e.